The first kappa shape index (κ1) is 23.8. The molecule has 3 fully saturated rings. The van der Waals surface area contributed by atoms with Crippen LogP contribution in [0.5, 0.6) is 0 Å². The van der Waals surface area contributed by atoms with E-state index in [0.29, 0.717) is 30.1 Å². The molecule has 0 amide bonds. The third-order valence-corrected chi connectivity index (χ3v) is 8.44. The first-order valence-electron chi connectivity index (χ1n) is 12.2. The first-order chi connectivity index (χ1) is 14.0. The lowest BCUT2D eigenvalue weighted by Gasteiger charge is -2.44. The fraction of sp³-hybridized carbons (Fsp3) is 0.778. The van der Waals surface area contributed by atoms with Crippen molar-refractivity contribution < 1.29 is 15.3 Å². The minimum atomic E-state index is -0.615. The highest BCUT2D eigenvalue weighted by Gasteiger charge is 2.50. The summed E-state index contributed by atoms with van der Waals surface area (Å²) in [5, 5.41) is 30.2. The highest BCUT2D eigenvalue weighted by molar-refractivity contribution is 5.38. The van der Waals surface area contributed by atoms with Crippen molar-refractivity contribution >= 4 is 0 Å². The number of rotatable bonds is 6. The van der Waals surface area contributed by atoms with Crippen LogP contribution in [0.1, 0.15) is 91.9 Å². The normalized spacial score (nSPS) is 38.8. The predicted octanol–water partition coefficient (Wildman–Crippen LogP) is 5.70. The van der Waals surface area contributed by atoms with Gasteiger partial charge in [0.25, 0.3) is 0 Å². The van der Waals surface area contributed by atoms with Crippen molar-refractivity contribution in [3.8, 4) is 0 Å². The minimum absolute atomic E-state index is 0.374. The van der Waals surface area contributed by atoms with Gasteiger partial charge < -0.3 is 15.3 Å². The molecule has 0 aliphatic heterocycles. The van der Waals surface area contributed by atoms with Gasteiger partial charge >= 0.3 is 0 Å². The lowest BCUT2D eigenvalue weighted by molar-refractivity contribution is 0.0596. The van der Waals surface area contributed by atoms with Crippen LogP contribution < -0.4 is 0 Å². The molecule has 3 rings (SSSR count). The summed E-state index contributed by atoms with van der Waals surface area (Å²) in [5.74, 6) is 2.11. The molecule has 3 N–H and O–H groups in total. The Balaban J connectivity index is 1.70. The average Bonchev–Trinajstić information content (AvgIpc) is 3.00. The van der Waals surface area contributed by atoms with E-state index >= 15 is 0 Å². The summed E-state index contributed by atoms with van der Waals surface area (Å²) in [6.45, 7) is 12.8. The topological polar surface area (TPSA) is 60.7 Å². The Morgan fingerprint density at radius 3 is 2.67 bits per heavy atom. The Morgan fingerprint density at radius 1 is 1.23 bits per heavy atom. The van der Waals surface area contributed by atoms with Crippen LogP contribution >= 0.6 is 0 Å². The van der Waals surface area contributed by atoms with E-state index in [2.05, 4.69) is 32.6 Å². The second-order valence-corrected chi connectivity index (χ2v) is 11.3. The SMILES string of the molecule is C=C1/C(=C\C=C2/CCC[C@@]3(C)C2CC[C@@H]3C(C)CCCC(C)(C)O)CC(O)C[C@@H]1O. The standard InChI is InChI=1S/C27H44O3/c1-18(8-6-14-26(3,4)30)23-12-13-24-20(9-7-15-27(23,24)5)10-11-21-16-22(28)17-25(29)19(21)2/h10-11,18,22-25,28-30H,2,6-9,12-17H2,1,3-5H3/b20-10+,21-11-/t18?,22?,23-,24?,25+,27-/m1/s1. The molecule has 3 unspecified atom stereocenters. The molecule has 3 nitrogen and oxygen atoms in total. The molecular formula is C27H44O3. The maximum atomic E-state index is 10.1. The smallest absolute Gasteiger partial charge is 0.0811 e. The number of fused-ring (bicyclic) bond motifs is 1. The van der Waals surface area contributed by atoms with Crippen molar-refractivity contribution in [1.82, 2.24) is 0 Å². The van der Waals surface area contributed by atoms with E-state index in [1.807, 2.05) is 13.8 Å². The van der Waals surface area contributed by atoms with E-state index in [-0.39, 0.29) is 0 Å². The summed E-state index contributed by atoms with van der Waals surface area (Å²) in [5.41, 5.74) is 3.17. The van der Waals surface area contributed by atoms with E-state index < -0.39 is 17.8 Å². The highest BCUT2D eigenvalue weighted by atomic mass is 16.3. The maximum Gasteiger partial charge on any atom is 0.0811 e. The molecule has 30 heavy (non-hydrogen) atoms. The number of aliphatic hydroxyl groups is 3. The molecule has 3 aliphatic rings. The molecule has 0 spiro atoms. The van der Waals surface area contributed by atoms with Gasteiger partial charge in [-0.1, -0.05) is 51.0 Å². The van der Waals surface area contributed by atoms with Crippen LogP contribution in [0.25, 0.3) is 0 Å². The summed E-state index contributed by atoms with van der Waals surface area (Å²) < 4.78 is 0. The fourth-order valence-corrected chi connectivity index (χ4v) is 6.74. The Labute approximate surface area is 184 Å². The maximum absolute atomic E-state index is 10.1. The van der Waals surface area contributed by atoms with E-state index in [1.54, 1.807) is 5.57 Å². The molecule has 0 bridgehead atoms. The van der Waals surface area contributed by atoms with Crippen molar-refractivity contribution in [1.29, 1.82) is 0 Å². The predicted molar refractivity (Wildman–Crippen MR) is 124 cm³/mol. The van der Waals surface area contributed by atoms with E-state index in [9.17, 15) is 15.3 Å². The fourth-order valence-electron chi connectivity index (χ4n) is 6.74. The third-order valence-electron chi connectivity index (χ3n) is 8.44. The third kappa shape index (κ3) is 5.29. The van der Waals surface area contributed by atoms with Crippen molar-refractivity contribution in [3.05, 3.63) is 35.5 Å². The summed E-state index contributed by atoms with van der Waals surface area (Å²) in [6.07, 6.45) is 13.9. The van der Waals surface area contributed by atoms with Gasteiger partial charge in [0, 0.05) is 6.42 Å². The quantitative estimate of drug-likeness (QED) is 0.520. The summed E-state index contributed by atoms with van der Waals surface area (Å²) in [4.78, 5) is 0. The lowest BCUT2D eigenvalue weighted by atomic mass is 9.60. The molecule has 0 radical (unpaired) electrons. The van der Waals surface area contributed by atoms with Gasteiger partial charge in [-0.2, -0.15) is 0 Å². The van der Waals surface area contributed by atoms with Gasteiger partial charge in [0.1, 0.15) is 0 Å². The van der Waals surface area contributed by atoms with Gasteiger partial charge in [0.05, 0.1) is 17.8 Å². The molecular weight excluding hydrogens is 372 g/mol. The average molecular weight is 417 g/mol. The minimum Gasteiger partial charge on any atom is -0.393 e. The zero-order chi connectivity index (χ0) is 22.1. The number of allylic oxidation sites excluding steroid dienone is 3. The molecule has 3 aliphatic carbocycles. The van der Waals surface area contributed by atoms with Crippen LogP contribution in [0.3, 0.4) is 0 Å². The number of aliphatic hydroxyl groups excluding tert-OH is 2. The number of hydrogen-bond donors (Lipinski definition) is 3. The van der Waals surface area contributed by atoms with Crippen LogP contribution in [0, 0.1) is 23.2 Å². The van der Waals surface area contributed by atoms with Crippen LogP contribution in [0.2, 0.25) is 0 Å². The monoisotopic (exact) mass is 416 g/mol. The Morgan fingerprint density at radius 2 is 1.97 bits per heavy atom. The van der Waals surface area contributed by atoms with Gasteiger partial charge in [0.2, 0.25) is 0 Å². The summed E-state index contributed by atoms with van der Waals surface area (Å²) in [7, 11) is 0. The zero-order valence-electron chi connectivity index (χ0n) is 19.7. The molecule has 6 atom stereocenters. The molecule has 3 heteroatoms. The first-order valence-corrected chi connectivity index (χ1v) is 12.2. The van der Waals surface area contributed by atoms with Crippen molar-refractivity contribution in [2.75, 3.05) is 0 Å². The summed E-state index contributed by atoms with van der Waals surface area (Å²) in [6, 6.07) is 0. The Kier molecular flexibility index (Phi) is 7.37. The van der Waals surface area contributed by atoms with Crippen molar-refractivity contribution in [2.45, 2.75) is 110 Å². The largest absolute Gasteiger partial charge is 0.393 e. The van der Waals surface area contributed by atoms with Gasteiger partial charge in [-0.3, -0.25) is 0 Å². The van der Waals surface area contributed by atoms with Gasteiger partial charge in [-0.15, -0.1) is 0 Å². The van der Waals surface area contributed by atoms with Crippen molar-refractivity contribution in [2.24, 2.45) is 23.2 Å². The number of hydrogen-bond acceptors (Lipinski definition) is 3. The van der Waals surface area contributed by atoms with Crippen LogP contribution in [-0.2, 0) is 0 Å². The lowest BCUT2D eigenvalue weighted by Crippen LogP contribution is -2.36. The van der Waals surface area contributed by atoms with Crippen molar-refractivity contribution in [3.63, 3.8) is 0 Å². The van der Waals surface area contributed by atoms with Gasteiger partial charge in [-0.05, 0) is 93.1 Å². The zero-order valence-corrected chi connectivity index (χ0v) is 19.7. The highest BCUT2D eigenvalue weighted by Crippen LogP contribution is 2.60. The molecule has 0 aromatic rings. The van der Waals surface area contributed by atoms with Gasteiger partial charge in [-0.25, -0.2) is 0 Å². The molecule has 170 valence electrons. The van der Waals surface area contributed by atoms with E-state index in [1.165, 1.54) is 38.5 Å². The Bertz CT molecular complexity index is 683. The molecule has 0 saturated heterocycles. The van der Waals surface area contributed by atoms with Crippen LogP contribution in [-0.4, -0.2) is 33.1 Å². The van der Waals surface area contributed by atoms with Crippen LogP contribution in [0.15, 0.2) is 35.5 Å². The second kappa shape index (κ2) is 9.30. The Hall–Kier alpha value is -0.900. The van der Waals surface area contributed by atoms with Gasteiger partial charge in [0.15, 0.2) is 0 Å². The molecule has 3 saturated carbocycles. The van der Waals surface area contributed by atoms with E-state index in [4.69, 9.17) is 0 Å². The summed E-state index contributed by atoms with van der Waals surface area (Å²) >= 11 is 0. The molecule has 0 heterocycles. The molecule has 0 aromatic carbocycles. The van der Waals surface area contributed by atoms with Crippen LogP contribution in [0.4, 0.5) is 0 Å². The molecule has 0 aromatic heterocycles. The second-order valence-electron chi connectivity index (χ2n) is 11.3. The van der Waals surface area contributed by atoms with E-state index in [0.717, 1.165) is 29.9 Å².